The highest BCUT2D eigenvalue weighted by molar-refractivity contribution is 5.89. The molecular formula is C15H17NO4. The predicted octanol–water partition coefficient (Wildman–Crippen LogP) is 2.81. The Kier molecular flexibility index (Phi) is 3.70. The summed E-state index contributed by atoms with van der Waals surface area (Å²) in [6.45, 7) is 3.63. The summed E-state index contributed by atoms with van der Waals surface area (Å²) in [6.07, 6.45) is 0. The third kappa shape index (κ3) is 2.22. The SMILES string of the molecule is COc1ccc(OC)c(-n2c(C)cc(C(=O)O)c2C)c1. The van der Waals surface area contributed by atoms with Gasteiger partial charge in [-0.3, -0.25) is 0 Å². The first-order valence-corrected chi connectivity index (χ1v) is 6.14. The Hall–Kier alpha value is -2.43. The van der Waals surface area contributed by atoms with Crippen LogP contribution in [-0.4, -0.2) is 29.9 Å². The Balaban J connectivity index is 2.70. The van der Waals surface area contributed by atoms with Crippen molar-refractivity contribution in [2.75, 3.05) is 14.2 Å². The van der Waals surface area contributed by atoms with Gasteiger partial charge in [0.25, 0.3) is 0 Å². The second-order valence-corrected chi connectivity index (χ2v) is 4.46. The highest BCUT2D eigenvalue weighted by Crippen LogP contribution is 2.31. The van der Waals surface area contributed by atoms with Gasteiger partial charge in [0.1, 0.15) is 11.5 Å². The minimum atomic E-state index is -0.939. The molecule has 0 atom stereocenters. The molecule has 0 unspecified atom stereocenters. The zero-order valence-electron chi connectivity index (χ0n) is 11.9. The number of methoxy groups -OCH3 is 2. The zero-order chi connectivity index (χ0) is 14.9. The summed E-state index contributed by atoms with van der Waals surface area (Å²) >= 11 is 0. The third-order valence-corrected chi connectivity index (χ3v) is 3.29. The van der Waals surface area contributed by atoms with Crippen molar-refractivity contribution in [2.45, 2.75) is 13.8 Å². The first-order chi connectivity index (χ1) is 9.49. The van der Waals surface area contributed by atoms with E-state index in [9.17, 15) is 9.90 Å². The molecule has 1 N–H and O–H groups in total. The second kappa shape index (κ2) is 5.28. The maximum absolute atomic E-state index is 11.2. The molecule has 0 aliphatic heterocycles. The van der Waals surface area contributed by atoms with E-state index in [-0.39, 0.29) is 5.56 Å². The lowest BCUT2D eigenvalue weighted by atomic mass is 10.2. The van der Waals surface area contributed by atoms with Crippen molar-refractivity contribution < 1.29 is 19.4 Å². The number of benzene rings is 1. The minimum Gasteiger partial charge on any atom is -0.497 e. The van der Waals surface area contributed by atoms with Gasteiger partial charge in [0.2, 0.25) is 0 Å². The van der Waals surface area contributed by atoms with Crippen molar-refractivity contribution in [1.29, 1.82) is 0 Å². The van der Waals surface area contributed by atoms with Gasteiger partial charge in [-0.15, -0.1) is 0 Å². The molecule has 0 bridgehead atoms. The number of hydrogen-bond donors (Lipinski definition) is 1. The van der Waals surface area contributed by atoms with E-state index < -0.39 is 5.97 Å². The average molecular weight is 275 g/mol. The smallest absolute Gasteiger partial charge is 0.337 e. The Morgan fingerprint density at radius 3 is 2.35 bits per heavy atom. The summed E-state index contributed by atoms with van der Waals surface area (Å²) in [5, 5.41) is 9.21. The fourth-order valence-corrected chi connectivity index (χ4v) is 2.32. The fraction of sp³-hybridized carbons (Fsp3) is 0.267. The lowest BCUT2D eigenvalue weighted by molar-refractivity contribution is 0.0696. The molecular weight excluding hydrogens is 258 g/mol. The molecule has 0 radical (unpaired) electrons. The first-order valence-electron chi connectivity index (χ1n) is 6.14. The first kappa shape index (κ1) is 14.0. The van der Waals surface area contributed by atoms with Crippen molar-refractivity contribution >= 4 is 5.97 Å². The van der Waals surface area contributed by atoms with Gasteiger partial charge in [-0.1, -0.05) is 0 Å². The van der Waals surface area contributed by atoms with Gasteiger partial charge in [-0.2, -0.15) is 0 Å². The number of carboxylic acid groups (broad SMARTS) is 1. The fourth-order valence-electron chi connectivity index (χ4n) is 2.32. The van der Waals surface area contributed by atoms with Crippen molar-refractivity contribution in [1.82, 2.24) is 4.57 Å². The molecule has 0 saturated heterocycles. The lowest BCUT2D eigenvalue weighted by Crippen LogP contribution is -2.04. The lowest BCUT2D eigenvalue weighted by Gasteiger charge is -2.15. The summed E-state index contributed by atoms with van der Waals surface area (Å²) < 4.78 is 12.4. The van der Waals surface area contributed by atoms with E-state index in [1.54, 1.807) is 39.3 Å². The Morgan fingerprint density at radius 1 is 1.15 bits per heavy atom. The van der Waals surface area contributed by atoms with Crippen LogP contribution in [0.4, 0.5) is 0 Å². The second-order valence-electron chi connectivity index (χ2n) is 4.46. The van der Waals surface area contributed by atoms with Gasteiger partial charge in [0, 0.05) is 17.5 Å². The number of rotatable bonds is 4. The van der Waals surface area contributed by atoms with Gasteiger partial charge in [0.15, 0.2) is 0 Å². The van der Waals surface area contributed by atoms with E-state index in [1.807, 2.05) is 17.6 Å². The predicted molar refractivity (Wildman–Crippen MR) is 75.3 cm³/mol. The maximum Gasteiger partial charge on any atom is 0.337 e. The van der Waals surface area contributed by atoms with Crippen LogP contribution in [0.25, 0.3) is 5.69 Å². The number of nitrogens with zero attached hydrogens (tertiary/aromatic N) is 1. The normalized spacial score (nSPS) is 10.4. The highest BCUT2D eigenvalue weighted by atomic mass is 16.5. The van der Waals surface area contributed by atoms with Crippen LogP contribution < -0.4 is 9.47 Å². The largest absolute Gasteiger partial charge is 0.497 e. The van der Waals surface area contributed by atoms with E-state index in [0.717, 1.165) is 11.4 Å². The molecule has 1 aromatic carbocycles. The Morgan fingerprint density at radius 2 is 1.85 bits per heavy atom. The average Bonchev–Trinajstić information content (AvgIpc) is 2.73. The minimum absolute atomic E-state index is 0.285. The van der Waals surface area contributed by atoms with Crippen LogP contribution in [0, 0.1) is 13.8 Å². The standard InChI is InChI=1S/C15H17NO4/c1-9-7-12(15(17)18)10(2)16(9)13-8-11(19-3)5-6-14(13)20-4/h5-8H,1-4H3,(H,17,18). The molecule has 0 saturated carbocycles. The third-order valence-electron chi connectivity index (χ3n) is 3.29. The number of carboxylic acids is 1. The van der Waals surface area contributed by atoms with E-state index in [0.29, 0.717) is 17.2 Å². The molecule has 5 nitrogen and oxygen atoms in total. The van der Waals surface area contributed by atoms with Crippen molar-refractivity contribution in [3.8, 4) is 17.2 Å². The van der Waals surface area contributed by atoms with Crippen molar-refractivity contribution in [3.05, 3.63) is 41.2 Å². The number of hydrogen-bond acceptors (Lipinski definition) is 3. The number of aryl methyl sites for hydroxylation is 1. The van der Waals surface area contributed by atoms with Crippen LogP contribution >= 0.6 is 0 Å². The highest BCUT2D eigenvalue weighted by Gasteiger charge is 2.18. The van der Waals surface area contributed by atoms with Crippen LogP contribution in [-0.2, 0) is 0 Å². The number of ether oxygens (including phenoxy) is 2. The summed E-state index contributed by atoms with van der Waals surface area (Å²) in [4.78, 5) is 11.2. The van der Waals surface area contributed by atoms with Gasteiger partial charge in [-0.25, -0.2) is 4.79 Å². The van der Waals surface area contributed by atoms with Crippen LogP contribution in [0.1, 0.15) is 21.7 Å². The Bertz CT molecular complexity index is 658. The van der Waals surface area contributed by atoms with E-state index in [2.05, 4.69) is 0 Å². The zero-order valence-corrected chi connectivity index (χ0v) is 11.9. The molecule has 0 fully saturated rings. The molecule has 2 rings (SSSR count). The van der Waals surface area contributed by atoms with Crippen molar-refractivity contribution in [3.63, 3.8) is 0 Å². The van der Waals surface area contributed by atoms with Gasteiger partial charge in [-0.05, 0) is 32.0 Å². The summed E-state index contributed by atoms with van der Waals surface area (Å²) in [5.74, 6) is 0.404. The monoisotopic (exact) mass is 275 g/mol. The molecule has 1 heterocycles. The maximum atomic E-state index is 11.2. The topological polar surface area (TPSA) is 60.7 Å². The molecule has 1 aromatic heterocycles. The molecule has 20 heavy (non-hydrogen) atoms. The Labute approximate surface area is 117 Å². The van der Waals surface area contributed by atoms with Crippen LogP contribution in [0.3, 0.4) is 0 Å². The molecule has 0 amide bonds. The summed E-state index contributed by atoms with van der Waals surface area (Å²) in [7, 11) is 3.17. The molecule has 0 aliphatic rings. The van der Waals surface area contributed by atoms with Gasteiger partial charge in [0.05, 0.1) is 25.5 Å². The molecule has 0 spiro atoms. The van der Waals surface area contributed by atoms with E-state index >= 15 is 0 Å². The molecule has 0 aliphatic carbocycles. The van der Waals surface area contributed by atoms with Gasteiger partial charge < -0.3 is 19.1 Å². The molecule has 2 aromatic rings. The number of aromatic nitrogens is 1. The molecule has 5 heteroatoms. The number of aromatic carboxylic acids is 1. The van der Waals surface area contributed by atoms with Gasteiger partial charge >= 0.3 is 5.97 Å². The van der Waals surface area contributed by atoms with Crippen LogP contribution in [0.5, 0.6) is 11.5 Å². The quantitative estimate of drug-likeness (QED) is 0.932. The van der Waals surface area contributed by atoms with E-state index in [1.165, 1.54) is 0 Å². The van der Waals surface area contributed by atoms with Crippen molar-refractivity contribution in [2.24, 2.45) is 0 Å². The summed E-state index contributed by atoms with van der Waals surface area (Å²) in [6, 6.07) is 7.07. The summed E-state index contributed by atoms with van der Waals surface area (Å²) in [5.41, 5.74) is 2.52. The molecule has 106 valence electrons. The van der Waals surface area contributed by atoms with Crippen LogP contribution in [0.2, 0.25) is 0 Å². The van der Waals surface area contributed by atoms with Crippen LogP contribution in [0.15, 0.2) is 24.3 Å². The number of carbonyl (C=O) groups is 1. The van der Waals surface area contributed by atoms with E-state index in [4.69, 9.17) is 9.47 Å².